The number of halogens is 1. The maximum Gasteiger partial charge on any atom is 0.237 e. The first-order valence-corrected chi connectivity index (χ1v) is 8.12. The molecule has 2 aliphatic heterocycles. The summed E-state index contributed by atoms with van der Waals surface area (Å²) < 4.78 is 19.7. The molecule has 2 aliphatic rings. The molecule has 0 spiro atoms. The van der Waals surface area contributed by atoms with Crippen molar-refractivity contribution in [2.45, 2.75) is 25.0 Å². The topological polar surface area (TPSA) is 67.4 Å². The highest BCUT2D eigenvalue weighted by Crippen LogP contribution is 2.46. The SMILES string of the molecule is CC12CC(c3ccccc3O1)C(C(=O)Nc1ccccc1F)C(=O)N2. The summed E-state index contributed by atoms with van der Waals surface area (Å²) in [5, 5.41) is 5.32. The average Bonchev–Trinajstić information content (AvgIpc) is 2.56. The quantitative estimate of drug-likeness (QED) is 0.826. The Balaban J connectivity index is 1.69. The first-order chi connectivity index (χ1) is 12.0. The molecular formula is C19H17FN2O3. The Hall–Kier alpha value is -2.89. The van der Waals surface area contributed by atoms with E-state index in [9.17, 15) is 14.0 Å². The molecule has 1 fully saturated rings. The van der Waals surface area contributed by atoms with Gasteiger partial charge in [0, 0.05) is 12.3 Å². The van der Waals surface area contributed by atoms with Gasteiger partial charge in [0.05, 0.1) is 5.69 Å². The fraction of sp³-hybridized carbons (Fsp3) is 0.263. The first kappa shape index (κ1) is 15.6. The number of para-hydroxylation sites is 2. The summed E-state index contributed by atoms with van der Waals surface area (Å²) in [7, 11) is 0. The molecule has 0 aromatic heterocycles. The average molecular weight is 340 g/mol. The van der Waals surface area contributed by atoms with Crippen LogP contribution in [0, 0.1) is 11.7 Å². The van der Waals surface area contributed by atoms with Crippen LogP contribution in [-0.2, 0) is 9.59 Å². The second kappa shape index (κ2) is 5.58. The predicted molar refractivity (Wildman–Crippen MR) is 89.5 cm³/mol. The summed E-state index contributed by atoms with van der Waals surface area (Å²) in [5.74, 6) is -2.09. The van der Waals surface area contributed by atoms with Crippen LogP contribution in [0.1, 0.15) is 24.8 Å². The summed E-state index contributed by atoms with van der Waals surface area (Å²) in [6.45, 7) is 1.79. The minimum Gasteiger partial charge on any atom is -0.468 e. The molecule has 3 unspecified atom stereocenters. The van der Waals surface area contributed by atoms with Gasteiger partial charge in [-0.2, -0.15) is 0 Å². The number of benzene rings is 2. The Morgan fingerprint density at radius 3 is 2.76 bits per heavy atom. The van der Waals surface area contributed by atoms with E-state index in [4.69, 9.17) is 4.74 Å². The van der Waals surface area contributed by atoms with E-state index in [1.807, 2.05) is 24.3 Å². The largest absolute Gasteiger partial charge is 0.468 e. The number of nitrogens with one attached hydrogen (secondary N) is 2. The molecule has 1 saturated heterocycles. The molecular weight excluding hydrogens is 323 g/mol. The van der Waals surface area contributed by atoms with E-state index in [0.29, 0.717) is 12.2 Å². The monoisotopic (exact) mass is 340 g/mol. The lowest BCUT2D eigenvalue weighted by molar-refractivity contribution is -0.145. The minimum absolute atomic E-state index is 0.0639. The van der Waals surface area contributed by atoms with Crippen LogP contribution in [0.4, 0.5) is 10.1 Å². The molecule has 2 heterocycles. The number of ether oxygens (including phenoxy) is 1. The fourth-order valence-electron chi connectivity index (χ4n) is 3.66. The maximum absolute atomic E-state index is 13.8. The fourth-order valence-corrected chi connectivity index (χ4v) is 3.66. The van der Waals surface area contributed by atoms with Crippen molar-refractivity contribution >= 4 is 17.5 Å². The van der Waals surface area contributed by atoms with Crippen LogP contribution in [-0.4, -0.2) is 17.5 Å². The lowest BCUT2D eigenvalue weighted by Gasteiger charge is -2.46. The number of hydrogen-bond acceptors (Lipinski definition) is 3. The van der Waals surface area contributed by atoms with E-state index >= 15 is 0 Å². The predicted octanol–water partition coefficient (Wildman–Crippen LogP) is 2.79. The number of hydrogen-bond donors (Lipinski definition) is 2. The van der Waals surface area contributed by atoms with Crippen LogP contribution in [0.25, 0.3) is 0 Å². The summed E-state index contributed by atoms with van der Waals surface area (Å²) >= 11 is 0. The van der Waals surface area contributed by atoms with Gasteiger partial charge in [-0.25, -0.2) is 4.39 Å². The van der Waals surface area contributed by atoms with E-state index in [1.54, 1.807) is 19.1 Å². The van der Waals surface area contributed by atoms with Crippen molar-refractivity contribution in [1.29, 1.82) is 0 Å². The number of rotatable bonds is 2. The lowest BCUT2D eigenvalue weighted by atomic mass is 9.74. The van der Waals surface area contributed by atoms with E-state index in [2.05, 4.69) is 10.6 Å². The van der Waals surface area contributed by atoms with Gasteiger partial charge in [0.15, 0.2) is 5.72 Å². The van der Waals surface area contributed by atoms with Crippen LogP contribution < -0.4 is 15.4 Å². The van der Waals surface area contributed by atoms with Gasteiger partial charge in [0.1, 0.15) is 17.5 Å². The van der Waals surface area contributed by atoms with Crippen molar-refractivity contribution in [1.82, 2.24) is 5.32 Å². The highest BCUT2D eigenvalue weighted by Gasteiger charge is 2.51. The third-order valence-corrected chi connectivity index (χ3v) is 4.75. The second-order valence-corrected chi connectivity index (χ2v) is 6.62. The van der Waals surface area contributed by atoms with Crippen LogP contribution in [0.5, 0.6) is 5.75 Å². The summed E-state index contributed by atoms with van der Waals surface area (Å²) in [4.78, 5) is 25.4. The van der Waals surface area contributed by atoms with Gasteiger partial charge in [-0.1, -0.05) is 30.3 Å². The van der Waals surface area contributed by atoms with Gasteiger partial charge in [-0.05, 0) is 30.7 Å². The summed E-state index contributed by atoms with van der Waals surface area (Å²) in [6, 6.07) is 13.3. The van der Waals surface area contributed by atoms with Gasteiger partial charge in [0.2, 0.25) is 11.8 Å². The van der Waals surface area contributed by atoms with Crippen LogP contribution in [0.15, 0.2) is 48.5 Å². The Kier molecular flexibility index (Phi) is 3.49. The van der Waals surface area contributed by atoms with Gasteiger partial charge in [-0.15, -0.1) is 0 Å². The molecule has 3 atom stereocenters. The lowest BCUT2D eigenvalue weighted by Crippen LogP contribution is -2.62. The smallest absolute Gasteiger partial charge is 0.237 e. The van der Waals surface area contributed by atoms with Gasteiger partial charge < -0.3 is 15.4 Å². The molecule has 4 rings (SSSR count). The molecule has 25 heavy (non-hydrogen) atoms. The van der Waals surface area contributed by atoms with E-state index in [-0.39, 0.29) is 11.6 Å². The zero-order valence-electron chi connectivity index (χ0n) is 13.6. The summed E-state index contributed by atoms with van der Waals surface area (Å²) in [6.07, 6.45) is 0.477. The molecule has 2 N–H and O–H groups in total. The van der Waals surface area contributed by atoms with Crippen molar-refractivity contribution in [3.05, 3.63) is 59.9 Å². The number of amides is 2. The highest BCUT2D eigenvalue weighted by atomic mass is 19.1. The van der Waals surface area contributed by atoms with Gasteiger partial charge >= 0.3 is 0 Å². The normalized spacial score (nSPS) is 26.9. The highest BCUT2D eigenvalue weighted by molar-refractivity contribution is 6.08. The molecule has 2 bridgehead atoms. The second-order valence-electron chi connectivity index (χ2n) is 6.62. The molecule has 0 saturated carbocycles. The Morgan fingerprint density at radius 1 is 1.24 bits per heavy atom. The Labute approximate surface area is 144 Å². The molecule has 128 valence electrons. The third kappa shape index (κ3) is 2.63. The molecule has 5 nitrogen and oxygen atoms in total. The molecule has 2 aromatic carbocycles. The van der Waals surface area contributed by atoms with E-state index in [0.717, 1.165) is 5.56 Å². The molecule has 2 amide bonds. The van der Waals surface area contributed by atoms with Crippen LogP contribution >= 0.6 is 0 Å². The Morgan fingerprint density at radius 2 is 1.96 bits per heavy atom. The van der Waals surface area contributed by atoms with Crippen molar-refractivity contribution in [2.24, 2.45) is 5.92 Å². The molecule has 2 aromatic rings. The molecule has 6 heteroatoms. The first-order valence-electron chi connectivity index (χ1n) is 8.12. The zero-order chi connectivity index (χ0) is 17.6. The minimum atomic E-state index is -0.947. The van der Waals surface area contributed by atoms with E-state index in [1.165, 1.54) is 12.1 Å². The van der Waals surface area contributed by atoms with Gasteiger partial charge in [0.25, 0.3) is 0 Å². The van der Waals surface area contributed by atoms with Crippen molar-refractivity contribution in [2.75, 3.05) is 5.32 Å². The van der Waals surface area contributed by atoms with Gasteiger partial charge in [-0.3, -0.25) is 9.59 Å². The van der Waals surface area contributed by atoms with Crippen molar-refractivity contribution < 1.29 is 18.7 Å². The van der Waals surface area contributed by atoms with E-state index < -0.39 is 29.3 Å². The maximum atomic E-state index is 13.8. The van der Waals surface area contributed by atoms with Crippen LogP contribution in [0.3, 0.4) is 0 Å². The van der Waals surface area contributed by atoms with Crippen molar-refractivity contribution in [3.8, 4) is 5.75 Å². The Bertz CT molecular complexity index is 869. The zero-order valence-corrected chi connectivity index (χ0v) is 13.6. The number of anilines is 1. The number of fused-ring (bicyclic) bond motifs is 4. The number of carbonyl (C=O) groups is 2. The number of piperidine rings is 1. The number of carbonyl (C=O) groups excluding carboxylic acids is 2. The van der Waals surface area contributed by atoms with Crippen molar-refractivity contribution in [3.63, 3.8) is 0 Å². The molecule has 0 aliphatic carbocycles. The standard InChI is InChI=1S/C19H17FN2O3/c1-19-10-12(11-6-2-5-9-15(11)25-19)16(18(24)22-19)17(23)21-14-8-4-3-7-13(14)20/h2-9,12,16H,10H2,1H3,(H,21,23)(H,22,24). The summed E-state index contributed by atoms with van der Waals surface area (Å²) in [5.41, 5.74) is 0.0442. The third-order valence-electron chi connectivity index (χ3n) is 4.75. The van der Waals surface area contributed by atoms with Crippen LogP contribution in [0.2, 0.25) is 0 Å². The molecule has 0 radical (unpaired) electrons.